The van der Waals surface area contributed by atoms with Gasteiger partial charge in [0.1, 0.15) is 5.75 Å². The molecule has 0 spiro atoms. The van der Waals surface area contributed by atoms with Gasteiger partial charge in [-0.2, -0.15) is 0 Å². The zero-order chi connectivity index (χ0) is 17.3. The van der Waals surface area contributed by atoms with Crippen molar-refractivity contribution in [3.8, 4) is 5.75 Å². The Kier molecular flexibility index (Phi) is 5.70. The molecule has 2 N–H and O–H groups in total. The fraction of sp³-hybridized carbons (Fsp3) is 0.667. The molecule has 0 atom stereocenters. The topological polar surface area (TPSA) is 44.5 Å². The summed E-state index contributed by atoms with van der Waals surface area (Å²) in [5, 5.41) is 0.902. The van der Waals surface area contributed by atoms with E-state index in [-0.39, 0.29) is 11.1 Å². The van der Waals surface area contributed by atoms with Gasteiger partial charge in [0.2, 0.25) is 0 Å². The quantitative estimate of drug-likeness (QED) is 0.562. The van der Waals surface area contributed by atoms with Gasteiger partial charge in [0.05, 0.1) is 11.8 Å². The van der Waals surface area contributed by atoms with Crippen molar-refractivity contribution >= 4 is 25.6 Å². The molecule has 0 heterocycles. The first-order valence-corrected chi connectivity index (χ1v) is 11.8. The van der Waals surface area contributed by atoms with Gasteiger partial charge >= 0.3 is 0 Å². The summed E-state index contributed by atoms with van der Waals surface area (Å²) in [6, 6.07) is 5.42. The minimum atomic E-state index is -1.68. The van der Waals surface area contributed by atoms with E-state index in [0.29, 0.717) is 16.8 Å². The molecule has 1 saturated carbocycles. The van der Waals surface area contributed by atoms with E-state index >= 15 is 0 Å². The highest BCUT2D eigenvalue weighted by Crippen LogP contribution is 2.39. The lowest BCUT2D eigenvalue weighted by molar-refractivity contribution is 0.0729. The Bertz CT molecular complexity index is 534. The molecule has 1 fully saturated rings. The molecule has 1 aromatic carbocycles. The predicted molar refractivity (Wildman–Crippen MR) is 101 cm³/mol. The van der Waals surface area contributed by atoms with E-state index in [2.05, 4.69) is 33.9 Å². The van der Waals surface area contributed by atoms with Crippen molar-refractivity contribution in [1.82, 2.24) is 0 Å². The largest absolute Gasteiger partial charge is 0.488 e. The van der Waals surface area contributed by atoms with Crippen molar-refractivity contribution in [3.63, 3.8) is 0 Å². The molecule has 1 aliphatic rings. The molecule has 0 saturated heterocycles. The van der Waals surface area contributed by atoms with Gasteiger partial charge in [0.15, 0.2) is 8.32 Å². The summed E-state index contributed by atoms with van der Waals surface area (Å²) in [5.74, 6) is 0.739. The third-order valence-electron chi connectivity index (χ3n) is 5.15. The van der Waals surface area contributed by atoms with Crippen LogP contribution in [0, 0.1) is 0 Å². The van der Waals surface area contributed by atoms with Crippen LogP contribution in [0.1, 0.15) is 46.5 Å². The van der Waals surface area contributed by atoms with E-state index in [1.54, 1.807) is 6.07 Å². The average Bonchev–Trinajstić information content (AvgIpc) is 2.42. The highest BCUT2D eigenvalue weighted by Gasteiger charge is 2.39. The van der Waals surface area contributed by atoms with Gasteiger partial charge in [-0.25, -0.2) is 0 Å². The Balaban J connectivity index is 1.87. The highest BCUT2D eigenvalue weighted by atomic mass is 35.5. The highest BCUT2D eigenvalue weighted by molar-refractivity contribution is 6.74. The average molecular weight is 356 g/mol. The van der Waals surface area contributed by atoms with E-state index in [9.17, 15) is 0 Å². The van der Waals surface area contributed by atoms with E-state index < -0.39 is 8.32 Å². The Labute approximate surface area is 146 Å². The molecular weight excluding hydrogens is 326 g/mol. The predicted octanol–water partition coefficient (Wildman–Crippen LogP) is 5.63. The minimum absolute atomic E-state index is 0.220. The Hall–Kier alpha value is -0.713. The van der Waals surface area contributed by atoms with Crippen molar-refractivity contribution in [1.29, 1.82) is 0 Å². The molecule has 2 rings (SSSR count). The zero-order valence-corrected chi connectivity index (χ0v) is 16.7. The third-order valence-corrected chi connectivity index (χ3v) is 9.92. The molecule has 23 heavy (non-hydrogen) atoms. The molecule has 1 aliphatic carbocycles. The van der Waals surface area contributed by atoms with Crippen molar-refractivity contribution in [2.45, 2.75) is 76.8 Å². The number of nitrogen functional groups attached to an aromatic ring is 1. The first-order valence-electron chi connectivity index (χ1n) is 8.48. The van der Waals surface area contributed by atoms with E-state index in [1.807, 2.05) is 12.1 Å². The van der Waals surface area contributed by atoms with Gasteiger partial charge in [0, 0.05) is 11.1 Å². The SMILES string of the molecule is CC(C)(C)[Si](C)(C)OC1CCC(Oc2ccc(Cl)cc2N)CC1. The molecule has 130 valence electrons. The van der Waals surface area contributed by atoms with Gasteiger partial charge in [-0.05, 0) is 62.0 Å². The van der Waals surface area contributed by atoms with E-state index in [1.165, 1.54) is 0 Å². The molecule has 1 aromatic rings. The van der Waals surface area contributed by atoms with Gasteiger partial charge in [-0.3, -0.25) is 0 Å². The van der Waals surface area contributed by atoms with Crippen LogP contribution in [0.4, 0.5) is 5.69 Å². The maximum atomic E-state index is 6.52. The maximum absolute atomic E-state index is 6.52. The van der Waals surface area contributed by atoms with Crippen LogP contribution in [0.2, 0.25) is 23.2 Å². The second kappa shape index (κ2) is 7.04. The van der Waals surface area contributed by atoms with Gasteiger partial charge in [-0.1, -0.05) is 32.4 Å². The molecule has 0 unspecified atom stereocenters. The van der Waals surface area contributed by atoms with Crippen LogP contribution < -0.4 is 10.5 Å². The van der Waals surface area contributed by atoms with Crippen molar-refractivity contribution < 1.29 is 9.16 Å². The number of rotatable bonds is 4. The summed E-state index contributed by atoms with van der Waals surface area (Å²) in [6.07, 6.45) is 4.74. The molecule has 0 radical (unpaired) electrons. The Morgan fingerprint density at radius 3 is 2.17 bits per heavy atom. The van der Waals surface area contributed by atoms with Crippen LogP contribution in [-0.4, -0.2) is 20.5 Å². The molecule has 0 aromatic heterocycles. The summed E-state index contributed by atoms with van der Waals surface area (Å²) >= 11 is 5.93. The van der Waals surface area contributed by atoms with Gasteiger partial charge < -0.3 is 14.9 Å². The van der Waals surface area contributed by atoms with Crippen LogP contribution in [0.25, 0.3) is 0 Å². The number of halogens is 1. The lowest BCUT2D eigenvalue weighted by atomic mass is 9.95. The number of nitrogens with two attached hydrogens (primary N) is 1. The zero-order valence-electron chi connectivity index (χ0n) is 15.0. The normalized spacial score (nSPS) is 22.9. The molecule has 0 amide bonds. The monoisotopic (exact) mass is 355 g/mol. The van der Waals surface area contributed by atoms with Crippen molar-refractivity contribution in [2.75, 3.05) is 5.73 Å². The number of benzene rings is 1. The Morgan fingerprint density at radius 2 is 1.65 bits per heavy atom. The smallest absolute Gasteiger partial charge is 0.192 e. The number of ether oxygens (including phenoxy) is 1. The van der Waals surface area contributed by atoms with Crippen LogP contribution in [-0.2, 0) is 4.43 Å². The van der Waals surface area contributed by atoms with Crippen molar-refractivity contribution in [2.24, 2.45) is 0 Å². The van der Waals surface area contributed by atoms with Crippen LogP contribution in [0.15, 0.2) is 18.2 Å². The minimum Gasteiger partial charge on any atom is -0.488 e. The van der Waals surface area contributed by atoms with Crippen LogP contribution >= 0.6 is 11.6 Å². The standard InChI is InChI=1S/C18H30ClNO2Si/c1-18(2,3)23(4,5)22-15-9-7-14(8-10-15)21-17-11-6-13(19)12-16(17)20/h6,11-12,14-15H,7-10,20H2,1-5H3. The van der Waals surface area contributed by atoms with Crippen LogP contribution in [0.5, 0.6) is 5.75 Å². The summed E-state index contributed by atoms with van der Waals surface area (Å²) in [6.45, 7) is 11.5. The molecule has 0 aliphatic heterocycles. The fourth-order valence-corrected chi connectivity index (χ4v) is 4.27. The lowest BCUT2D eigenvalue weighted by Crippen LogP contribution is -2.45. The second-order valence-corrected chi connectivity index (χ2v) is 13.3. The first-order chi connectivity index (χ1) is 10.6. The number of hydrogen-bond acceptors (Lipinski definition) is 3. The fourth-order valence-electron chi connectivity index (χ4n) is 2.67. The number of anilines is 1. The second-order valence-electron chi connectivity index (χ2n) is 8.08. The summed E-state index contributed by atoms with van der Waals surface area (Å²) < 4.78 is 12.6. The Morgan fingerprint density at radius 1 is 1.09 bits per heavy atom. The summed E-state index contributed by atoms with van der Waals surface area (Å²) in [7, 11) is -1.68. The molecule has 5 heteroatoms. The molecular formula is C18H30ClNO2Si. The lowest BCUT2D eigenvalue weighted by Gasteiger charge is -2.41. The maximum Gasteiger partial charge on any atom is 0.192 e. The first kappa shape index (κ1) is 18.6. The van der Waals surface area contributed by atoms with E-state index in [4.69, 9.17) is 26.5 Å². The van der Waals surface area contributed by atoms with E-state index in [0.717, 1.165) is 31.4 Å². The summed E-state index contributed by atoms with van der Waals surface area (Å²) in [4.78, 5) is 0. The van der Waals surface area contributed by atoms with Crippen LogP contribution in [0.3, 0.4) is 0 Å². The van der Waals surface area contributed by atoms with Gasteiger partial charge in [0.25, 0.3) is 0 Å². The van der Waals surface area contributed by atoms with Crippen molar-refractivity contribution in [3.05, 3.63) is 23.2 Å². The number of hydrogen-bond donors (Lipinski definition) is 1. The third kappa shape index (κ3) is 4.88. The van der Waals surface area contributed by atoms with Gasteiger partial charge in [-0.15, -0.1) is 0 Å². The molecule has 0 bridgehead atoms. The summed E-state index contributed by atoms with van der Waals surface area (Å²) in [5.41, 5.74) is 6.58. The molecule has 3 nitrogen and oxygen atoms in total.